The summed E-state index contributed by atoms with van der Waals surface area (Å²) in [5.74, 6) is -2.56. The smallest absolute Gasteiger partial charge is 0.343 e. The number of carboxylic acid groups (broad SMARTS) is 1. The maximum atomic E-state index is 12.9. The van der Waals surface area contributed by atoms with Crippen molar-refractivity contribution in [3.63, 3.8) is 0 Å². The van der Waals surface area contributed by atoms with Crippen molar-refractivity contribution in [2.24, 2.45) is 0 Å². The first-order chi connectivity index (χ1) is 11.9. The molecule has 0 aliphatic heterocycles. The van der Waals surface area contributed by atoms with Gasteiger partial charge < -0.3 is 19.4 Å². The van der Waals surface area contributed by atoms with Crippen LogP contribution in [-0.2, 0) is 4.79 Å². The number of hydrogen-bond acceptors (Lipinski definition) is 6. The lowest BCUT2D eigenvalue weighted by molar-refractivity contribution is -0.298. The average Bonchev–Trinajstić information content (AvgIpc) is 2.60. The molecule has 0 amide bonds. The van der Waals surface area contributed by atoms with Crippen LogP contribution >= 0.6 is 0 Å². The molecule has 0 radical (unpaired) electrons. The van der Waals surface area contributed by atoms with Crippen molar-refractivity contribution in [2.75, 3.05) is 7.11 Å². The minimum atomic E-state index is -1.60. The first kappa shape index (κ1) is 17.7. The number of hydrogen-bond donors (Lipinski definition) is 0. The Morgan fingerprint density at radius 3 is 2.40 bits per heavy atom. The van der Waals surface area contributed by atoms with E-state index in [0.717, 1.165) is 18.2 Å². The lowest BCUT2D eigenvalue weighted by Crippen LogP contribution is -2.23. The Balaban J connectivity index is 2.28. The summed E-state index contributed by atoms with van der Waals surface area (Å²) < 4.78 is 23.2. The fourth-order valence-electron chi connectivity index (χ4n) is 1.91. The number of benzene rings is 2. The van der Waals surface area contributed by atoms with Gasteiger partial charge in [-0.2, -0.15) is 5.26 Å². The quantitative estimate of drug-likeness (QED) is 0.355. The number of carboxylic acids is 1. The van der Waals surface area contributed by atoms with Crippen LogP contribution in [0, 0.1) is 17.1 Å². The van der Waals surface area contributed by atoms with Gasteiger partial charge in [-0.25, -0.2) is 9.18 Å². The molecule has 2 aromatic carbocycles. The summed E-state index contributed by atoms with van der Waals surface area (Å²) >= 11 is 0. The van der Waals surface area contributed by atoms with Crippen molar-refractivity contribution >= 4 is 18.0 Å². The van der Waals surface area contributed by atoms with Crippen LogP contribution < -0.4 is 14.6 Å². The van der Waals surface area contributed by atoms with Crippen molar-refractivity contribution in [3.05, 3.63) is 65.0 Å². The molecule has 6 nitrogen and oxygen atoms in total. The normalized spacial score (nSPS) is 10.7. The zero-order valence-electron chi connectivity index (χ0n) is 13.0. The van der Waals surface area contributed by atoms with Crippen molar-refractivity contribution in [3.8, 4) is 17.6 Å². The van der Waals surface area contributed by atoms with Crippen molar-refractivity contribution < 1.29 is 28.6 Å². The maximum absolute atomic E-state index is 12.9. The number of nitriles is 1. The Bertz CT molecular complexity index is 881. The molecule has 2 rings (SSSR count). The molecular weight excluding hydrogens is 329 g/mol. The molecule has 0 heterocycles. The number of carbonyl (C=O) groups excluding carboxylic acids is 2. The van der Waals surface area contributed by atoms with E-state index in [1.807, 2.05) is 0 Å². The van der Waals surface area contributed by atoms with E-state index in [4.69, 9.17) is 14.7 Å². The van der Waals surface area contributed by atoms with Gasteiger partial charge in [0.05, 0.1) is 24.2 Å². The van der Waals surface area contributed by atoms with Crippen molar-refractivity contribution in [1.29, 1.82) is 5.26 Å². The van der Waals surface area contributed by atoms with E-state index >= 15 is 0 Å². The second kappa shape index (κ2) is 7.75. The van der Waals surface area contributed by atoms with E-state index in [-0.39, 0.29) is 17.1 Å². The largest absolute Gasteiger partial charge is 0.544 e. The number of methoxy groups -OCH3 is 1. The Morgan fingerprint density at radius 2 is 1.84 bits per heavy atom. The third-order valence-corrected chi connectivity index (χ3v) is 3.12. The predicted octanol–water partition coefficient (Wildman–Crippen LogP) is 1.71. The van der Waals surface area contributed by atoms with Crippen LogP contribution in [0.15, 0.2) is 48.0 Å². The highest BCUT2D eigenvalue weighted by Crippen LogP contribution is 2.29. The SMILES string of the molecule is COc1cc(/C=C(\C#N)C(=O)[O-])ccc1OC(=O)c1ccc(F)cc1. The van der Waals surface area contributed by atoms with E-state index in [0.29, 0.717) is 5.56 Å². The minimum absolute atomic E-state index is 0.0842. The third kappa shape index (κ3) is 4.42. The van der Waals surface area contributed by atoms with E-state index < -0.39 is 23.3 Å². The molecule has 0 fully saturated rings. The number of esters is 1. The van der Waals surface area contributed by atoms with E-state index in [2.05, 4.69) is 0 Å². The molecule has 0 aromatic heterocycles. The maximum Gasteiger partial charge on any atom is 0.343 e. The van der Waals surface area contributed by atoms with Crippen LogP contribution in [0.5, 0.6) is 11.5 Å². The summed E-state index contributed by atoms with van der Waals surface area (Å²) in [6.45, 7) is 0. The van der Waals surface area contributed by atoms with Gasteiger partial charge in [0.1, 0.15) is 11.9 Å². The molecule has 0 unspecified atom stereocenters. The van der Waals surface area contributed by atoms with Gasteiger partial charge in [-0.3, -0.25) is 0 Å². The number of ether oxygens (including phenoxy) is 2. The molecule has 0 bridgehead atoms. The zero-order valence-corrected chi connectivity index (χ0v) is 13.0. The Kier molecular flexibility index (Phi) is 5.48. The lowest BCUT2D eigenvalue weighted by Gasteiger charge is -2.10. The highest BCUT2D eigenvalue weighted by molar-refractivity contribution is 5.95. The summed E-state index contributed by atoms with van der Waals surface area (Å²) in [4.78, 5) is 22.8. The topological polar surface area (TPSA) is 99.4 Å². The molecule has 0 saturated heterocycles. The van der Waals surface area contributed by atoms with Crippen LogP contribution in [-0.4, -0.2) is 19.0 Å². The number of nitrogens with zero attached hydrogens (tertiary/aromatic N) is 1. The standard InChI is InChI=1S/C18H12FNO5/c1-24-16-9-11(8-13(10-20)17(21)22)2-7-15(16)25-18(23)12-3-5-14(19)6-4-12/h2-9H,1H3,(H,21,22)/p-1/b13-8+. The number of halogens is 1. The average molecular weight is 340 g/mol. The van der Waals surface area contributed by atoms with Crippen molar-refractivity contribution in [1.82, 2.24) is 0 Å². The third-order valence-electron chi connectivity index (χ3n) is 3.12. The molecule has 0 atom stereocenters. The van der Waals surface area contributed by atoms with Crippen LogP contribution in [0.4, 0.5) is 4.39 Å². The van der Waals surface area contributed by atoms with Crippen LogP contribution in [0.2, 0.25) is 0 Å². The zero-order chi connectivity index (χ0) is 18.4. The Labute approximate surface area is 142 Å². The van der Waals surface area contributed by atoms with Gasteiger partial charge >= 0.3 is 5.97 Å². The second-order valence-electron chi connectivity index (χ2n) is 4.76. The number of rotatable bonds is 5. The molecule has 7 heteroatoms. The summed E-state index contributed by atoms with van der Waals surface area (Å²) in [5.41, 5.74) is -0.0616. The Morgan fingerprint density at radius 1 is 1.16 bits per heavy atom. The first-order valence-corrected chi connectivity index (χ1v) is 6.93. The summed E-state index contributed by atoms with van der Waals surface area (Å²) in [6.07, 6.45) is 1.10. The van der Waals surface area contributed by atoms with E-state index in [1.165, 1.54) is 43.5 Å². The first-order valence-electron chi connectivity index (χ1n) is 6.93. The Hall–Kier alpha value is -3.66. The summed E-state index contributed by atoms with van der Waals surface area (Å²) in [6, 6.07) is 10.5. The molecule has 0 spiro atoms. The lowest BCUT2D eigenvalue weighted by atomic mass is 10.1. The molecule has 25 heavy (non-hydrogen) atoms. The fourth-order valence-corrected chi connectivity index (χ4v) is 1.91. The van der Waals surface area contributed by atoms with Gasteiger partial charge in [0.15, 0.2) is 11.5 Å². The van der Waals surface area contributed by atoms with Gasteiger partial charge in [0, 0.05) is 0 Å². The van der Waals surface area contributed by atoms with Crippen molar-refractivity contribution in [2.45, 2.75) is 0 Å². The van der Waals surface area contributed by atoms with Gasteiger partial charge in [-0.15, -0.1) is 0 Å². The summed E-state index contributed by atoms with van der Waals surface area (Å²) in [7, 11) is 1.34. The number of aliphatic carboxylic acids is 1. The van der Waals surface area contributed by atoms with E-state index in [1.54, 1.807) is 0 Å². The molecule has 2 aromatic rings. The molecule has 0 aliphatic rings. The molecule has 0 saturated carbocycles. The molecule has 0 aliphatic carbocycles. The monoisotopic (exact) mass is 340 g/mol. The number of carbonyl (C=O) groups is 2. The van der Waals surface area contributed by atoms with Gasteiger partial charge in [-0.1, -0.05) is 6.07 Å². The molecular formula is C18H11FNO5-. The van der Waals surface area contributed by atoms with Crippen LogP contribution in [0.1, 0.15) is 15.9 Å². The van der Waals surface area contributed by atoms with Crippen LogP contribution in [0.3, 0.4) is 0 Å². The minimum Gasteiger partial charge on any atom is -0.544 e. The van der Waals surface area contributed by atoms with E-state index in [9.17, 15) is 19.1 Å². The highest BCUT2D eigenvalue weighted by atomic mass is 19.1. The molecule has 126 valence electrons. The second-order valence-corrected chi connectivity index (χ2v) is 4.76. The predicted molar refractivity (Wildman–Crippen MR) is 82.9 cm³/mol. The summed E-state index contributed by atoms with van der Waals surface area (Å²) in [5, 5.41) is 19.5. The van der Waals surface area contributed by atoms with Gasteiger partial charge in [-0.05, 0) is 48.0 Å². The van der Waals surface area contributed by atoms with Gasteiger partial charge in [0.25, 0.3) is 0 Å². The van der Waals surface area contributed by atoms with Crippen LogP contribution in [0.25, 0.3) is 6.08 Å². The fraction of sp³-hybridized carbons (Fsp3) is 0.0556. The van der Waals surface area contributed by atoms with Gasteiger partial charge in [0.2, 0.25) is 0 Å². The highest BCUT2D eigenvalue weighted by Gasteiger charge is 2.13. The molecule has 0 N–H and O–H groups in total.